The molecule has 1 aliphatic carbocycles. The molecule has 0 aromatic carbocycles. The molecule has 2 unspecified atom stereocenters. The molecular weight excluding hydrogens is 278 g/mol. The number of aromatic nitrogens is 1. The maximum Gasteiger partial charge on any atom is 0.356 e. The first-order chi connectivity index (χ1) is 10.0. The summed E-state index contributed by atoms with van der Waals surface area (Å²) in [7, 11) is 2.88. The molecule has 2 atom stereocenters. The summed E-state index contributed by atoms with van der Waals surface area (Å²) in [5.74, 6) is -0.543. The first-order valence-corrected chi connectivity index (χ1v) is 6.58. The highest BCUT2D eigenvalue weighted by Gasteiger charge is 2.27. The first kappa shape index (κ1) is 15.2. The van der Waals surface area contributed by atoms with Gasteiger partial charge in [-0.1, -0.05) is 0 Å². The Morgan fingerprint density at radius 3 is 2.76 bits per heavy atom. The number of esters is 1. The molecule has 114 valence electrons. The Kier molecular flexibility index (Phi) is 4.69. The summed E-state index contributed by atoms with van der Waals surface area (Å²) in [6.07, 6.45) is 2.61. The fourth-order valence-corrected chi connectivity index (χ4v) is 2.40. The SMILES string of the molecule is COC(=O)c1ccc([N+](=O)[O-])c(NC2CCC(OC)C2)n1. The summed E-state index contributed by atoms with van der Waals surface area (Å²) in [6, 6.07) is 2.57. The Bertz CT molecular complexity index is 549. The van der Waals surface area contributed by atoms with Gasteiger partial charge in [-0.25, -0.2) is 9.78 Å². The van der Waals surface area contributed by atoms with Gasteiger partial charge in [0.25, 0.3) is 0 Å². The van der Waals surface area contributed by atoms with Gasteiger partial charge in [-0.3, -0.25) is 10.1 Å². The van der Waals surface area contributed by atoms with Gasteiger partial charge in [-0.05, 0) is 25.3 Å². The normalized spacial score (nSPS) is 21.0. The van der Waals surface area contributed by atoms with Gasteiger partial charge in [0.2, 0.25) is 5.82 Å². The van der Waals surface area contributed by atoms with Crippen LogP contribution in [0.5, 0.6) is 0 Å². The summed E-state index contributed by atoms with van der Waals surface area (Å²) < 4.78 is 9.84. The van der Waals surface area contributed by atoms with Crippen LogP contribution in [-0.2, 0) is 9.47 Å². The number of pyridine rings is 1. The average Bonchev–Trinajstić information content (AvgIpc) is 2.93. The Labute approximate surface area is 121 Å². The number of rotatable bonds is 5. The van der Waals surface area contributed by atoms with Crippen molar-refractivity contribution in [1.29, 1.82) is 0 Å². The first-order valence-electron chi connectivity index (χ1n) is 6.58. The van der Waals surface area contributed by atoms with E-state index in [4.69, 9.17) is 4.74 Å². The molecule has 8 heteroatoms. The molecule has 0 radical (unpaired) electrons. The Balaban J connectivity index is 2.22. The zero-order chi connectivity index (χ0) is 15.4. The molecule has 0 saturated heterocycles. The molecule has 0 bridgehead atoms. The van der Waals surface area contributed by atoms with Gasteiger partial charge in [0.15, 0.2) is 5.69 Å². The number of carbonyl (C=O) groups is 1. The van der Waals surface area contributed by atoms with Crippen LogP contribution in [0, 0.1) is 10.1 Å². The van der Waals surface area contributed by atoms with E-state index in [0.717, 1.165) is 19.3 Å². The second-order valence-electron chi connectivity index (χ2n) is 4.82. The summed E-state index contributed by atoms with van der Waals surface area (Å²) in [6.45, 7) is 0. The summed E-state index contributed by atoms with van der Waals surface area (Å²) in [5, 5.41) is 14.1. The van der Waals surface area contributed by atoms with Crippen LogP contribution in [0.25, 0.3) is 0 Å². The monoisotopic (exact) mass is 295 g/mol. The van der Waals surface area contributed by atoms with Crippen LogP contribution in [0.4, 0.5) is 11.5 Å². The number of nitrogens with zero attached hydrogens (tertiary/aromatic N) is 2. The maximum atomic E-state index is 11.5. The van der Waals surface area contributed by atoms with Crippen molar-refractivity contribution in [2.75, 3.05) is 19.5 Å². The summed E-state index contributed by atoms with van der Waals surface area (Å²) >= 11 is 0. The molecule has 2 rings (SSSR count). The van der Waals surface area contributed by atoms with Crippen molar-refractivity contribution < 1.29 is 19.2 Å². The molecule has 0 amide bonds. The second kappa shape index (κ2) is 6.49. The van der Waals surface area contributed by atoms with Gasteiger partial charge in [-0.15, -0.1) is 0 Å². The lowest BCUT2D eigenvalue weighted by atomic mass is 10.2. The topological polar surface area (TPSA) is 104 Å². The predicted molar refractivity (Wildman–Crippen MR) is 74.3 cm³/mol. The van der Waals surface area contributed by atoms with E-state index in [1.165, 1.54) is 19.2 Å². The van der Waals surface area contributed by atoms with Crippen LogP contribution in [0.1, 0.15) is 29.8 Å². The van der Waals surface area contributed by atoms with Crippen molar-refractivity contribution in [2.24, 2.45) is 0 Å². The number of nitrogens with one attached hydrogen (secondary N) is 1. The van der Waals surface area contributed by atoms with Crippen LogP contribution in [0.3, 0.4) is 0 Å². The summed E-state index contributed by atoms with van der Waals surface area (Å²) in [5.41, 5.74) is -0.129. The highest BCUT2D eigenvalue weighted by Crippen LogP contribution is 2.28. The Hall–Kier alpha value is -2.22. The maximum absolute atomic E-state index is 11.5. The molecule has 21 heavy (non-hydrogen) atoms. The van der Waals surface area contributed by atoms with Crippen LogP contribution < -0.4 is 5.32 Å². The minimum Gasteiger partial charge on any atom is -0.464 e. The molecule has 1 aliphatic rings. The standard InChI is InChI=1S/C13H17N3O5/c1-20-9-4-3-8(7-9)14-12-11(16(18)19)6-5-10(15-12)13(17)21-2/h5-6,8-9H,3-4,7H2,1-2H3,(H,14,15). The van der Waals surface area contributed by atoms with Gasteiger partial charge in [0, 0.05) is 19.2 Å². The quantitative estimate of drug-likeness (QED) is 0.501. The van der Waals surface area contributed by atoms with Gasteiger partial charge < -0.3 is 14.8 Å². The number of anilines is 1. The molecule has 0 aliphatic heterocycles. The van der Waals surface area contributed by atoms with Crippen molar-refractivity contribution >= 4 is 17.5 Å². The Morgan fingerprint density at radius 2 is 2.19 bits per heavy atom. The third-order valence-corrected chi connectivity index (χ3v) is 3.52. The van der Waals surface area contributed by atoms with Gasteiger partial charge >= 0.3 is 11.7 Å². The molecule has 1 aromatic heterocycles. The van der Waals surface area contributed by atoms with Crippen LogP contribution in [0.15, 0.2) is 12.1 Å². The van der Waals surface area contributed by atoms with Gasteiger partial charge in [0.05, 0.1) is 18.1 Å². The molecule has 1 aromatic rings. The zero-order valence-corrected chi connectivity index (χ0v) is 11.9. The highest BCUT2D eigenvalue weighted by atomic mass is 16.6. The zero-order valence-electron chi connectivity index (χ0n) is 11.9. The van der Waals surface area contributed by atoms with Gasteiger partial charge in [0.1, 0.15) is 0 Å². The fourth-order valence-electron chi connectivity index (χ4n) is 2.40. The lowest BCUT2D eigenvalue weighted by Gasteiger charge is -2.14. The lowest BCUT2D eigenvalue weighted by Crippen LogP contribution is -2.20. The second-order valence-corrected chi connectivity index (χ2v) is 4.82. The van der Waals surface area contributed by atoms with Crippen molar-refractivity contribution in [3.8, 4) is 0 Å². The smallest absolute Gasteiger partial charge is 0.356 e. The van der Waals surface area contributed by atoms with E-state index >= 15 is 0 Å². The predicted octanol–water partition coefficient (Wildman–Crippen LogP) is 1.76. The summed E-state index contributed by atoms with van der Waals surface area (Å²) in [4.78, 5) is 26.0. The fraction of sp³-hybridized carbons (Fsp3) is 0.538. The molecule has 8 nitrogen and oxygen atoms in total. The number of nitro groups is 1. The third kappa shape index (κ3) is 3.46. The molecule has 0 spiro atoms. The van der Waals surface area contributed by atoms with Gasteiger partial charge in [-0.2, -0.15) is 0 Å². The van der Waals surface area contributed by atoms with E-state index in [1.807, 2.05) is 0 Å². The van der Waals surface area contributed by atoms with E-state index in [1.54, 1.807) is 7.11 Å². The third-order valence-electron chi connectivity index (χ3n) is 3.52. The van der Waals surface area contributed by atoms with E-state index in [-0.39, 0.29) is 29.3 Å². The van der Waals surface area contributed by atoms with Crippen LogP contribution in [0.2, 0.25) is 0 Å². The van der Waals surface area contributed by atoms with E-state index in [0.29, 0.717) is 0 Å². The minimum atomic E-state index is -0.630. The molecule has 1 N–H and O–H groups in total. The van der Waals surface area contributed by atoms with Crippen molar-refractivity contribution in [3.05, 3.63) is 27.9 Å². The molecule has 1 fully saturated rings. The average molecular weight is 295 g/mol. The van der Waals surface area contributed by atoms with Crippen molar-refractivity contribution in [2.45, 2.75) is 31.4 Å². The molecular formula is C13H17N3O5. The van der Waals surface area contributed by atoms with Crippen molar-refractivity contribution in [1.82, 2.24) is 4.98 Å². The van der Waals surface area contributed by atoms with Crippen molar-refractivity contribution in [3.63, 3.8) is 0 Å². The van der Waals surface area contributed by atoms with E-state index < -0.39 is 10.9 Å². The van der Waals surface area contributed by atoms with Crippen LogP contribution in [-0.4, -0.2) is 42.2 Å². The number of ether oxygens (including phenoxy) is 2. The Morgan fingerprint density at radius 1 is 1.43 bits per heavy atom. The largest absolute Gasteiger partial charge is 0.464 e. The number of hydrogen-bond donors (Lipinski definition) is 1. The number of methoxy groups -OCH3 is 2. The highest BCUT2D eigenvalue weighted by molar-refractivity contribution is 5.88. The number of hydrogen-bond acceptors (Lipinski definition) is 7. The minimum absolute atomic E-state index is 0.0342. The van der Waals surface area contributed by atoms with Crippen LogP contribution >= 0.6 is 0 Å². The number of carbonyl (C=O) groups excluding carboxylic acids is 1. The lowest BCUT2D eigenvalue weighted by molar-refractivity contribution is -0.384. The molecule has 1 saturated carbocycles. The van der Waals surface area contributed by atoms with E-state index in [2.05, 4.69) is 15.0 Å². The molecule has 1 heterocycles. The van der Waals surface area contributed by atoms with E-state index in [9.17, 15) is 14.9 Å².